The first-order valence-electron chi connectivity index (χ1n) is 14.1. The summed E-state index contributed by atoms with van der Waals surface area (Å²) in [6.45, 7) is -1.57. The van der Waals surface area contributed by atoms with Crippen molar-refractivity contribution in [3.05, 3.63) is 36.7 Å². The molecule has 2 saturated heterocycles. The van der Waals surface area contributed by atoms with Gasteiger partial charge in [0.2, 0.25) is 5.91 Å². The Labute approximate surface area is 293 Å². The molecule has 2 aromatic rings. The van der Waals surface area contributed by atoms with Crippen LogP contribution in [0.3, 0.4) is 0 Å². The number of aromatic nitrogens is 4. The highest BCUT2D eigenvalue weighted by molar-refractivity contribution is 8.00. The first kappa shape index (κ1) is 40.7. The van der Waals surface area contributed by atoms with Gasteiger partial charge in [0, 0.05) is 18.0 Å². The summed E-state index contributed by atoms with van der Waals surface area (Å²) in [6, 6.07) is 0. The van der Waals surface area contributed by atoms with Crippen LogP contribution in [-0.4, -0.2) is 120 Å². The van der Waals surface area contributed by atoms with Crippen molar-refractivity contribution >= 4 is 58.1 Å². The van der Waals surface area contributed by atoms with Crippen LogP contribution >= 0.6 is 35.2 Å². The molecule has 27 nitrogen and oxygen atoms in total. The van der Waals surface area contributed by atoms with Gasteiger partial charge in [-0.2, -0.15) is 0 Å². The second kappa shape index (κ2) is 16.5. The summed E-state index contributed by atoms with van der Waals surface area (Å²) in [5, 5.41) is 36.9. The maximum absolute atomic E-state index is 12.3. The zero-order valence-electron chi connectivity index (χ0n) is 25.7. The van der Waals surface area contributed by atoms with E-state index in [1.54, 1.807) is 6.08 Å². The number of allylic oxidation sites excluding steroid dienone is 1. The molecule has 290 valence electrons. The Bertz CT molecular complexity index is 1810. The van der Waals surface area contributed by atoms with E-state index in [1.165, 1.54) is 28.2 Å². The number of anilines is 1. The lowest BCUT2D eigenvalue weighted by atomic mass is 10.1. The molecule has 0 radical (unpaired) electrons. The Kier molecular flexibility index (Phi) is 12.9. The second-order valence-electron chi connectivity index (χ2n) is 10.7. The third-order valence-corrected chi connectivity index (χ3v) is 10.4. The Balaban J connectivity index is 1.07. The molecule has 0 spiro atoms. The molecule has 3 aliphatic heterocycles. The lowest BCUT2D eigenvalue weighted by Crippen LogP contribution is -2.40. The second-order valence-corrected chi connectivity index (χ2v) is 15.8. The van der Waals surface area contributed by atoms with E-state index < -0.39 is 90.0 Å². The van der Waals surface area contributed by atoms with E-state index in [-0.39, 0.29) is 29.0 Å². The van der Waals surface area contributed by atoms with Crippen LogP contribution in [-0.2, 0) is 61.3 Å². The average molecular weight is 825 g/mol. The first-order chi connectivity index (χ1) is 24.4. The van der Waals surface area contributed by atoms with Crippen LogP contribution in [0.15, 0.2) is 36.7 Å². The molecule has 11 N–H and O–H groups in total. The molecule has 5 heterocycles. The minimum absolute atomic E-state index is 0.0166. The topological polar surface area (TPSA) is 392 Å². The molecule has 31 heteroatoms. The number of nitrogens with two attached hydrogens (primary N) is 2. The van der Waals surface area contributed by atoms with Crippen LogP contribution in [0.4, 0.5) is 5.82 Å². The summed E-state index contributed by atoms with van der Waals surface area (Å²) >= 11 is 0.764. The number of phosphoric acid groups is 3. The number of amides is 1. The number of nitrogens with zero attached hydrogens (tertiary/aromatic N) is 5. The fourth-order valence-corrected chi connectivity index (χ4v) is 7.89. The number of carbonyl (C=O) groups excluding carboxylic acids is 1. The predicted molar refractivity (Wildman–Crippen MR) is 164 cm³/mol. The normalized spacial score (nSPS) is 30.4. The van der Waals surface area contributed by atoms with Gasteiger partial charge in [-0.25, -0.2) is 33.5 Å². The molecule has 0 aliphatic carbocycles. The average Bonchev–Trinajstić information content (AvgIpc) is 3.71. The smallest absolute Gasteiger partial charge is 0.389 e. The number of aliphatic hydroxyl groups excluding tert-OH is 3. The van der Waals surface area contributed by atoms with Crippen LogP contribution < -0.4 is 11.5 Å². The van der Waals surface area contributed by atoms with Gasteiger partial charge in [0.15, 0.2) is 17.7 Å². The number of hydrogen-bond acceptors (Lipinski definition) is 22. The number of nitrogen functional groups attached to an aromatic ring is 1. The lowest BCUT2D eigenvalue weighted by Gasteiger charge is -2.28. The zero-order valence-corrected chi connectivity index (χ0v) is 29.2. The molecular formula is C21H30N7O20P3S. The fourth-order valence-electron chi connectivity index (χ4n) is 4.87. The van der Waals surface area contributed by atoms with Crippen molar-refractivity contribution in [1.29, 1.82) is 0 Å². The van der Waals surface area contributed by atoms with Gasteiger partial charge >= 0.3 is 23.5 Å². The Morgan fingerprint density at radius 3 is 2.40 bits per heavy atom. The van der Waals surface area contributed by atoms with Gasteiger partial charge in [-0.15, -0.1) is 11.8 Å². The summed E-state index contributed by atoms with van der Waals surface area (Å²) in [5.74, 6) is -0.725. The molecule has 2 fully saturated rings. The molecule has 2 aromatic heterocycles. The standard InChI is InChI=1S/C21H30N7O20P3S/c22-17-12-19(25-7-24-17)28(8-26-12)21-16(43-49(33,34)35)14(30)11(52-21)6-41-50(36,37)47-45-48-51(38,39)46-44-40-5-10-13(29)15(31)20(42-10)27-3-1-2-9(4-27)18(23)32/h1,3-4,7-8,10-11,13-16,20-21,29-31H,2,5-6H2,(H2,23,32)(H,36,37)(H,38,39)(H2,22,24,25)(H2,33,34,35)/t10-,11-,13-,14+,15+,16?,20+,21+/m0/s1. The number of thioether (sulfide) groups is 1. The first-order valence-corrected chi connectivity index (χ1v) is 19.6. The molecular weight excluding hydrogens is 795 g/mol. The third kappa shape index (κ3) is 9.97. The van der Waals surface area contributed by atoms with Gasteiger partial charge in [-0.3, -0.25) is 23.3 Å². The molecule has 5 rings (SSSR count). The predicted octanol–water partition coefficient (Wildman–Crippen LogP) is -2.13. The minimum Gasteiger partial charge on any atom is -0.389 e. The summed E-state index contributed by atoms with van der Waals surface area (Å²) in [7, 11) is -15.9. The van der Waals surface area contributed by atoms with E-state index >= 15 is 0 Å². The van der Waals surface area contributed by atoms with E-state index in [1.807, 2.05) is 0 Å². The van der Waals surface area contributed by atoms with Crippen LogP contribution in [0.25, 0.3) is 11.2 Å². The van der Waals surface area contributed by atoms with Gasteiger partial charge in [0.1, 0.15) is 48.2 Å². The van der Waals surface area contributed by atoms with Crippen LogP contribution in [0.1, 0.15) is 11.8 Å². The van der Waals surface area contributed by atoms with Crippen molar-refractivity contribution < 1.29 is 96.2 Å². The van der Waals surface area contributed by atoms with E-state index in [0.29, 0.717) is 0 Å². The van der Waals surface area contributed by atoms with Gasteiger partial charge < -0.3 is 51.1 Å². The monoisotopic (exact) mass is 825 g/mol. The van der Waals surface area contributed by atoms with E-state index in [2.05, 4.69) is 43.9 Å². The number of fused-ring (bicyclic) bond motifs is 1. The highest BCUT2D eigenvalue weighted by Crippen LogP contribution is 2.53. The SMILES string of the molecule is NC(=O)C1=CN([C@@H]2O[C@@H](COOOP(=O)(O)OOOP(=O)(O)OC[C@@H]3S[C@@H](n4cnc5c(N)ncnc54)C(OP(=O)(O)O)[C@@H]3O)[C@H](O)[C@H]2O)C=CC1. The number of rotatable bonds is 17. The summed E-state index contributed by atoms with van der Waals surface area (Å²) in [5.41, 5.74) is 11.5. The highest BCUT2D eigenvalue weighted by atomic mass is 32.2. The van der Waals surface area contributed by atoms with Crippen molar-refractivity contribution in [2.75, 3.05) is 18.9 Å². The number of phosphoric ester groups is 2. The summed E-state index contributed by atoms with van der Waals surface area (Å²) in [4.78, 5) is 67.5. The van der Waals surface area contributed by atoms with Crippen molar-refractivity contribution in [2.24, 2.45) is 5.73 Å². The number of ether oxygens (including phenoxy) is 1. The minimum atomic E-state index is -5.42. The lowest BCUT2D eigenvalue weighted by molar-refractivity contribution is -0.494. The van der Waals surface area contributed by atoms with E-state index in [0.717, 1.165) is 18.1 Å². The number of imidazole rings is 1. The quantitative estimate of drug-likeness (QED) is 0.0356. The third-order valence-electron chi connectivity index (χ3n) is 7.16. The van der Waals surface area contributed by atoms with Gasteiger partial charge in [0.05, 0.1) is 24.3 Å². The Morgan fingerprint density at radius 2 is 1.69 bits per heavy atom. The molecule has 52 heavy (non-hydrogen) atoms. The molecule has 3 unspecified atom stereocenters. The van der Waals surface area contributed by atoms with Crippen molar-refractivity contribution in [3.63, 3.8) is 0 Å². The maximum atomic E-state index is 12.3. The molecule has 0 bridgehead atoms. The molecule has 0 aromatic carbocycles. The fraction of sp³-hybridized carbons (Fsp3) is 0.524. The van der Waals surface area contributed by atoms with Crippen LogP contribution in [0.5, 0.6) is 0 Å². The number of carbonyl (C=O) groups is 1. The van der Waals surface area contributed by atoms with Crippen molar-refractivity contribution in [3.8, 4) is 0 Å². The Hall–Kier alpha value is -2.50. The number of aliphatic hydroxyl groups is 3. The maximum Gasteiger partial charge on any atom is 0.531 e. The molecule has 3 aliphatic rings. The molecule has 0 saturated carbocycles. The molecule has 10 atom stereocenters. The largest absolute Gasteiger partial charge is 0.531 e. The zero-order chi connectivity index (χ0) is 38.0. The molecule has 1 amide bonds. The highest BCUT2D eigenvalue weighted by Gasteiger charge is 2.49. The van der Waals surface area contributed by atoms with Crippen molar-refractivity contribution in [2.45, 2.75) is 53.8 Å². The van der Waals surface area contributed by atoms with Gasteiger partial charge in [0.25, 0.3) is 0 Å². The summed E-state index contributed by atoms with van der Waals surface area (Å²) < 4.78 is 64.0. The van der Waals surface area contributed by atoms with E-state index in [4.69, 9.17) is 25.3 Å². The van der Waals surface area contributed by atoms with Gasteiger partial charge in [-0.05, 0) is 11.5 Å². The van der Waals surface area contributed by atoms with Gasteiger partial charge in [-0.1, -0.05) is 25.1 Å². The Morgan fingerprint density at radius 1 is 0.981 bits per heavy atom. The van der Waals surface area contributed by atoms with Crippen molar-refractivity contribution in [1.82, 2.24) is 24.4 Å². The van der Waals surface area contributed by atoms with Crippen LogP contribution in [0, 0.1) is 0 Å². The number of hydrogen-bond donors (Lipinski definition) is 9. The number of primary amides is 1. The van der Waals surface area contributed by atoms with E-state index in [9.17, 15) is 53.4 Å². The van der Waals surface area contributed by atoms with Crippen LogP contribution in [0.2, 0.25) is 0 Å². The summed E-state index contributed by atoms with van der Waals surface area (Å²) in [6.07, 6.45) is -2.11.